The number of H-pyrrole nitrogens is 2. The lowest BCUT2D eigenvalue weighted by Crippen LogP contribution is -2.51. The monoisotopic (exact) mass is 741 g/mol. The lowest BCUT2D eigenvalue weighted by Gasteiger charge is -2.30. The Morgan fingerprint density at radius 2 is 1.49 bits per heavy atom. The number of hydrogen-bond acceptors (Lipinski definition) is 8. The van der Waals surface area contributed by atoms with Crippen LogP contribution in [0.4, 0.5) is 4.79 Å². The van der Waals surface area contributed by atoms with Crippen molar-refractivity contribution in [3.63, 3.8) is 0 Å². The van der Waals surface area contributed by atoms with Crippen molar-refractivity contribution in [3.8, 4) is 33.6 Å². The van der Waals surface area contributed by atoms with Crippen molar-refractivity contribution in [3.05, 3.63) is 96.9 Å². The zero-order chi connectivity index (χ0) is 38.2. The number of aromatic amines is 2. The summed E-state index contributed by atoms with van der Waals surface area (Å²) in [6.07, 6.45) is 10.8. The molecule has 3 amide bonds. The lowest BCUT2D eigenvalue weighted by atomic mass is 9.84. The van der Waals surface area contributed by atoms with Crippen molar-refractivity contribution in [2.24, 2.45) is 29.6 Å². The highest BCUT2D eigenvalue weighted by Gasteiger charge is 2.61. The Balaban J connectivity index is 0.918. The third-order valence-electron chi connectivity index (χ3n) is 11.8. The van der Waals surface area contributed by atoms with Gasteiger partial charge < -0.3 is 30.2 Å². The smallest absolute Gasteiger partial charge is 0.407 e. The molecule has 55 heavy (non-hydrogen) atoms. The van der Waals surface area contributed by atoms with Crippen LogP contribution in [-0.4, -0.2) is 72.4 Å². The third-order valence-corrected chi connectivity index (χ3v) is 11.8. The van der Waals surface area contributed by atoms with Crippen molar-refractivity contribution in [2.45, 2.75) is 64.6 Å². The molecule has 1 saturated heterocycles. The van der Waals surface area contributed by atoms with E-state index in [0.29, 0.717) is 30.8 Å². The van der Waals surface area contributed by atoms with Crippen molar-refractivity contribution in [1.29, 1.82) is 0 Å². The second kappa shape index (κ2) is 15.1. The number of likely N-dealkylation sites (tertiary alicyclic amines) is 1. The zero-order valence-electron chi connectivity index (χ0n) is 31.5. The van der Waals surface area contributed by atoms with Gasteiger partial charge in [0, 0.05) is 24.9 Å². The maximum absolute atomic E-state index is 13.5. The summed E-state index contributed by atoms with van der Waals surface area (Å²) >= 11 is 0. The maximum atomic E-state index is 13.5. The maximum Gasteiger partial charge on any atom is 0.407 e. The van der Waals surface area contributed by atoms with Crippen LogP contribution in [0.1, 0.15) is 69.3 Å². The van der Waals surface area contributed by atoms with Gasteiger partial charge in [-0.05, 0) is 65.2 Å². The summed E-state index contributed by atoms with van der Waals surface area (Å²) in [6.45, 7) is 7.04. The van der Waals surface area contributed by atoms with Crippen LogP contribution in [-0.2, 0) is 20.9 Å². The summed E-state index contributed by atoms with van der Waals surface area (Å²) in [6, 6.07) is 15.9. The molecule has 0 radical (unpaired) electrons. The van der Waals surface area contributed by atoms with E-state index in [1.54, 1.807) is 18.6 Å². The highest BCUT2D eigenvalue weighted by Crippen LogP contribution is 2.64. The number of imidazole rings is 2. The molecule has 2 aliphatic carbocycles. The first kappa shape index (κ1) is 36.1. The molecule has 2 aromatic carbocycles. The molecule has 284 valence electrons. The van der Waals surface area contributed by atoms with Crippen LogP contribution in [0.15, 0.2) is 79.5 Å². The van der Waals surface area contributed by atoms with Gasteiger partial charge in [-0.15, -0.1) is 0 Å². The second-order valence-electron chi connectivity index (χ2n) is 15.5. The Morgan fingerprint density at radius 3 is 2.11 bits per heavy atom. The molecular formula is C42H47N9O4. The molecular weight excluding hydrogens is 695 g/mol. The molecule has 2 saturated carbocycles. The van der Waals surface area contributed by atoms with Gasteiger partial charge in [0.05, 0.1) is 61.3 Å². The molecule has 0 spiro atoms. The predicted molar refractivity (Wildman–Crippen MR) is 206 cm³/mol. The van der Waals surface area contributed by atoms with Crippen LogP contribution in [0.3, 0.4) is 0 Å². The van der Waals surface area contributed by atoms with Crippen LogP contribution < -0.4 is 10.6 Å². The van der Waals surface area contributed by atoms with Crippen molar-refractivity contribution < 1.29 is 19.1 Å². The molecule has 3 aromatic heterocycles. The minimum atomic E-state index is -0.679. The lowest BCUT2D eigenvalue weighted by molar-refractivity contribution is -0.135. The Bertz CT molecular complexity index is 2150. The normalized spacial score (nSPS) is 23.3. The number of carbonyl (C=O) groups is 3. The largest absolute Gasteiger partial charge is 0.453 e. The van der Waals surface area contributed by atoms with Crippen LogP contribution in [0.2, 0.25) is 0 Å². The number of nitrogens with one attached hydrogen (secondary N) is 4. The fourth-order valence-corrected chi connectivity index (χ4v) is 8.79. The number of rotatable bonds is 11. The van der Waals surface area contributed by atoms with Gasteiger partial charge >= 0.3 is 6.09 Å². The highest BCUT2D eigenvalue weighted by molar-refractivity contribution is 5.86. The first-order valence-electron chi connectivity index (χ1n) is 19.2. The quantitative estimate of drug-likeness (QED) is 0.123. The Morgan fingerprint density at radius 1 is 0.855 bits per heavy atom. The molecule has 8 rings (SSSR count). The molecule has 1 unspecified atom stereocenters. The van der Waals surface area contributed by atoms with E-state index >= 15 is 0 Å². The van der Waals surface area contributed by atoms with Crippen molar-refractivity contribution in [2.75, 3.05) is 13.7 Å². The first-order valence-corrected chi connectivity index (χ1v) is 19.2. The Kier molecular flexibility index (Phi) is 9.93. The molecule has 13 heteroatoms. The SMILES string of the molecule is COC(=O)N[C@H](C(=O)N1CCC[C@H]1c1ncc(-c2ccc(-c3ccc(-c4cnc([C@H]5[C@H](C(=O)NCc6cnccn6)[C@@H]6CC6[C@H]5C)[nH]4)cc3)cc2)[nH]1)C(C)C. The number of carbonyl (C=O) groups excluding carboxylic acids is 3. The van der Waals surface area contributed by atoms with E-state index < -0.39 is 12.1 Å². The number of fused-ring (bicyclic) bond motifs is 1. The number of methoxy groups -OCH3 is 1. The van der Waals surface area contributed by atoms with Gasteiger partial charge in [0.15, 0.2) is 0 Å². The molecule has 0 bridgehead atoms. The second-order valence-corrected chi connectivity index (χ2v) is 15.5. The topological polar surface area (TPSA) is 171 Å². The molecule has 3 aliphatic rings. The van der Waals surface area contributed by atoms with E-state index in [0.717, 1.165) is 70.2 Å². The Hall–Kier alpha value is -5.85. The fraction of sp³-hybridized carbons (Fsp3) is 0.405. The van der Waals surface area contributed by atoms with Gasteiger partial charge in [-0.25, -0.2) is 14.8 Å². The average molecular weight is 742 g/mol. The molecule has 5 aromatic rings. The van der Waals surface area contributed by atoms with Crippen LogP contribution in [0.5, 0.6) is 0 Å². The molecule has 13 nitrogen and oxygen atoms in total. The molecule has 3 fully saturated rings. The summed E-state index contributed by atoms with van der Waals surface area (Å²) in [7, 11) is 1.30. The van der Waals surface area contributed by atoms with E-state index in [-0.39, 0.29) is 35.6 Å². The first-order chi connectivity index (χ1) is 26.7. The minimum Gasteiger partial charge on any atom is -0.453 e. The van der Waals surface area contributed by atoms with Gasteiger partial charge in [0.2, 0.25) is 11.8 Å². The molecule has 4 heterocycles. The summed E-state index contributed by atoms with van der Waals surface area (Å²) < 4.78 is 4.76. The predicted octanol–water partition coefficient (Wildman–Crippen LogP) is 6.27. The van der Waals surface area contributed by atoms with Gasteiger partial charge in [-0.3, -0.25) is 19.6 Å². The number of aromatic nitrogens is 6. The van der Waals surface area contributed by atoms with Gasteiger partial charge in [-0.1, -0.05) is 69.3 Å². The number of nitrogens with zero attached hydrogens (tertiary/aromatic N) is 5. The Labute approximate surface area is 320 Å². The average Bonchev–Trinajstić information content (AvgIpc) is 3.66. The fourth-order valence-electron chi connectivity index (χ4n) is 8.79. The molecule has 7 atom stereocenters. The van der Waals surface area contributed by atoms with E-state index in [2.05, 4.69) is 91.0 Å². The van der Waals surface area contributed by atoms with E-state index in [4.69, 9.17) is 9.72 Å². The number of alkyl carbamates (subject to hydrolysis) is 1. The van der Waals surface area contributed by atoms with Gasteiger partial charge in [-0.2, -0.15) is 0 Å². The summed E-state index contributed by atoms with van der Waals surface area (Å²) in [5.41, 5.74) is 6.74. The number of benzene rings is 2. The van der Waals surface area contributed by atoms with Crippen molar-refractivity contribution in [1.82, 2.24) is 45.4 Å². The van der Waals surface area contributed by atoms with Gasteiger partial charge in [0.1, 0.15) is 17.7 Å². The van der Waals surface area contributed by atoms with Crippen LogP contribution in [0, 0.1) is 29.6 Å². The summed E-state index contributed by atoms with van der Waals surface area (Å²) in [4.78, 5) is 65.7. The van der Waals surface area contributed by atoms with E-state index in [1.165, 1.54) is 7.11 Å². The van der Waals surface area contributed by atoms with E-state index in [9.17, 15) is 14.4 Å². The van der Waals surface area contributed by atoms with E-state index in [1.807, 2.05) is 31.1 Å². The number of hydrogen-bond donors (Lipinski definition) is 4. The molecule has 1 aliphatic heterocycles. The third kappa shape index (κ3) is 7.22. The summed E-state index contributed by atoms with van der Waals surface area (Å²) in [5, 5.41) is 5.81. The van der Waals surface area contributed by atoms with Crippen LogP contribution in [0.25, 0.3) is 33.6 Å². The highest BCUT2D eigenvalue weighted by atomic mass is 16.5. The minimum absolute atomic E-state index is 0.0373. The number of amides is 3. The summed E-state index contributed by atoms with van der Waals surface area (Å²) in [5.74, 6) is 2.69. The van der Waals surface area contributed by atoms with Crippen molar-refractivity contribution >= 4 is 17.9 Å². The molecule has 4 N–H and O–H groups in total. The zero-order valence-corrected chi connectivity index (χ0v) is 31.5. The van der Waals surface area contributed by atoms with Gasteiger partial charge in [0.25, 0.3) is 0 Å². The standard InChI is InChI=1S/C42H47N9O4/c1-23(2)37(50-42(54)55-4)41(53)51-17-5-6-34(51)38-45-21-32(48-38)27-11-7-25(8-12-27)26-9-13-28(14-10-26)33-22-46-39(49-33)35-24(3)30-18-31(30)36(35)40(52)47-20-29-19-43-15-16-44-29/h7-16,19,21-24,30-31,34-37H,5-6,17-18,20H2,1-4H3,(H,45,48)(H,46,49)(H,47,52)(H,50,54)/t24-,30?,31-,34+,35-,36-,37+/m1/s1. The number of ether oxygens (including phenoxy) is 1. The van der Waals surface area contributed by atoms with Crippen LogP contribution >= 0.6 is 0 Å².